The number of benzene rings is 5. The summed E-state index contributed by atoms with van der Waals surface area (Å²) in [5, 5.41) is 8.12. The van der Waals surface area contributed by atoms with E-state index in [0.29, 0.717) is 0 Å². The number of hydrogen-bond donors (Lipinski definition) is 0. The van der Waals surface area contributed by atoms with Crippen LogP contribution in [0.3, 0.4) is 0 Å². The Bertz CT molecular complexity index is 2100. The Hall–Kier alpha value is -4.94. The highest BCUT2D eigenvalue weighted by Gasteiger charge is 2.11. The Morgan fingerprint density at radius 3 is 1.60 bits per heavy atom. The second-order valence-corrected chi connectivity index (χ2v) is 13.4. The fourth-order valence-corrected chi connectivity index (χ4v) is 7.16. The summed E-state index contributed by atoms with van der Waals surface area (Å²) in [4.78, 5) is 0. The molecule has 256 valence electrons. The van der Waals surface area contributed by atoms with Crippen molar-refractivity contribution in [3.8, 4) is 0 Å². The number of fused-ring (bicyclic) bond motifs is 6. The van der Waals surface area contributed by atoms with Gasteiger partial charge in [0, 0.05) is 0 Å². The summed E-state index contributed by atoms with van der Waals surface area (Å²) in [6.07, 6.45) is 20.2. The fourth-order valence-electron chi connectivity index (χ4n) is 7.16. The number of allylic oxidation sites excluding steroid dienone is 13. The molecule has 0 heteroatoms. The molecule has 0 amide bonds. The molecule has 0 aromatic heterocycles. The van der Waals surface area contributed by atoms with Gasteiger partial charge in [0.25, 0.3) is 0 Å². The zero-order chi connectivity index (χ0) is 34.9. The summed E-state index contributed by atoms with van der Waals surface area (Å²) in [7, 11) is 0. The maximum absolute atomic E-state index is 3.74. The van der Waals surface area contributed by atoms with Gasteiger partial charge in [0.2, 0.25) is 0 Å². The Labute approximate surface area is 302 Å². The molecule has 0 heterocycles. The monoisotopic (exact) mass is 656 g/mol. The minimum Gasteiger partial charge on any atom is -0.0991 e. The zero-order valence-electron chi connectivity index (χ0n) is 30.7. The second-order valence-electron chi connectivity index (χ2n) is 13.4. The number of rotatable bonds is 4. The minimum atomic E-state index is 0. The molecule has 0 N–H and O–H groups in total. The largest absolute Gasteiger partial charge is 0.0991 e. The summed E-state index contributed by atoms with van der Waals surface area (Å²) in [6, 6.07) is 30.9. The molecule has 0 fully saturated rings. The van der Waals surface area contributed by atoms with Crippen LogP contribution in [0.1, 0.15) is 83.1 Å². The molecule has 2 aliphatic carbocycles. The SMILES string of the molecule is C.C=C/C=C(C)\C(=C/C)C1=CCCC=C1C.CC1=CCCC=C1c1ccccc1C.Cc1ccc2c3ccccc3c3ccc(C)cc3c2c1. The van der Waals surface area contributed by atoms with Crippen molar-refractivity contribution in [3.63, 3.8) is 0 Å². The third kappa shape index (κ3) is 8.61. The molecule has 0 saturated carbocycles. The van der Waals surface area contributed by atoms with Gasteiger partial charge in [-0.05, 0) is 151 Å². The van der Waals surface area contributed by atoms with Crippen molar-refractivity contribution in [2.75, 3.05) is 0 Å². The van der Waals surface area contributed by atoms with E-state index in [4.69, 9.17) is 0 Å². The molecule has 0 atom stereocenters. The van der Waals surface area contributed by atoms with Crippen LogP contribution in [0.25, 0.3) is 37.9 Å². The first-order valence-electron chi connectivity index (χ1n) is 17.8. The van der Waals surface area contributed by atoms with Gasteiger partial charge in [-0.2, -0.15) is 0 Å². The molecule has 5 aromatic rings. The summed E-state index contributed by atoms with van der Waals surface area (Å²) in [5.74, 6) is 0. The van der Waals surface area contributed by atoms with Crippen molar-refractivity contribution in [3.05, 3.63) is 184 Å². The normalized spacial score (nSPS) is 14.6. The third-order valence-corrected chi connectivity index (χ3v) is 9.74. The predicted octanol–water partition coefficient (Wildman–Crippen LogP) is 15.2. The first kappa shape index (κ1) is 37.9. The van der Waals surface area contributed by atoms with Crippen LogP contribution < -0.4 is 0 Å². The van der Waals surface area contributed by atoms with Gasteiger partial charge in [0.1, 0.15) is 0 Å². The molecule has 0 unspecified atom stereocenters. The first-order valence-corrected chi connectivity index (χ1v) is 17.8. The highest BCUT2D eigenvalue weighted by Crippen LogP contribution is 2.36. The van der Waals surface area contributed by atoms with Crippen LogP contribution in [0.2, 0.25) is 0 Å². The van der Waals surface area contributed by atoms with Crippen LogP contribution in [0.15, 0.2) is 162 Å². The average Bonchev–Trinajstić information content (AvgIpc) is 3.11. The van der Waals surface area contributed by atoms with Crippen LogP contribution in [0, 0.1) is 20.8 Å². The van der Waals surface area contributed by atoms with Crippen molar-refractivity contribution in [2.45, 2.75) is 81.6 Å². The maximum atomic E-state index is 3.74. The molecule has 0 aliphatic heterocycles. The van der Waals surface area contributed by atoms with E-state index in [-0.39, 0.29) is 7.43 Å². The molecule has 0 spiro atoms. The Balaban J connectivity index is 0.000000171. The number of hydrogen-bond acceptors (Lipinski definition) is 0. The molecule has 7 rings (SSSR count). The van der Waals surface area contributed by atoms with Crippen molar-refractivity contribution < 1.29 is 0 Å². The van der Waals surface area contributed by atoms with E-state index >= 15 is 0 Å². The molecule has 5 aromatic carbocycles. The smallest absolute Gasteiger partial charge is 0.00962 e. The van der Waals surface area contributed by atoms with Gasteiger partial charge in [-0.25, -0.2) is 0 Å². The van der Waals surface area contributed by atoms with Crippen LogP contribution in [-0.4, -0.2) is 0 Å². The van der Waals surface area contributed by atoms with Crippen LogP contribution in [0.5, 0.6) is 0 Å². The molecule has 0 radical (unpaired) electrons. The van der Waals surface area contributed by atoms with Gasteiger partial charge >= 0.3 is 0 Å². The summed E-state index contributed by atoms with van der Waals surface area (Å²) >= 11 is 0. The van der Waals surface area contributed by atoms with E-state index in [1.54, 1.807) is 0 Å². The lowest BCUT2D eigenvalue weighted by molar-refractivity contribution is 0.993. The molecule has 0 nitrogen and oxygen atoms in total. The van der Waals surface area contributed by atoms with Gasteiger partial charge in [-0.3, -0.25) is 0 Å². The van der Waals surface area contributed by atoms with Crippen LogP contribution >= 0.6 is 0 Å². The Morgan fingerprint density at radius 2 is 1.08 bits per heavy atom. The van der Waals surface area contributed by atoms with Gasteiger partial charge in [-0.15, -0.1) is 0 Å². The molecular formula is C50H56. The molecular weight excluding hydrogens is 601 g/mol. The summed E-state index contributed by atoms with van der Waals surface area (Å²) in [6.45, 7) is 18.9. The van der Waals surface area contributed by atoms with Crippen molar-refractivity contribution in [2.24, 2.45) is 0 Å². The maximum Gasteiger partial charge on any atom is -0.00962 e. The molecule has 0 saturated heterocycles. The first-order chi connectivity index (χ1) is 23.7. The van der Waals surface area contributed by atoms with Crippen molar-refractivity contribution in [1.29, 1.82) is 0 Å². The van der Waals surface area contributed by atoms with Crippen LogP contribution in [0.4, 0.5) is 0 Å². The zero-order valence-corrected chi connectivity index (χ0v) is 30.7. The van der Waals surface area contributed by atoms with Gasteiger partial charge < -0.3 is 0 Å². The van der Waals surface area contributed by atoms with E-state index in [2.05, 4.69) is 176 Å². The Morgan fingerprint density at radius 1 is 0.580 bits per heavy atom. The lowest BCUT2D eigenvalue weighted by atomic mass is 9.89. The third-order valence-electron chi connectivity index (χ3n) is 9.74. The highest BCUT2D eigenvalue weighted by molar-refractivity contribution is 6.25. The lowest BCUT2D eigenvalue weighted by Crippen LogP contribution is -1.97. The standard InChI is InChI=1S/C20H16.C15H20.C14H16.CH4/c1-13-7-9-17-15-5-3-4-6-16(15)18-10-8-14(2)12-20(18)19(17)11-13;1-5-9-12(3)14(6-2)15-11-8-7-10-13(15)4;1-11-7-3-5-9-13(11)14-10-6-4-8-12(14)2;/h3-12H,1-2H3;5-6,9-11H,1,7-8H2,2-4H3;3,5,7-10H,4,6H2,1-2H3;1H4/b;12-9-,14-6+;;. The molecule has 50 heavy (non-hydrogen) atoms. The van der Waals surface area contributed by atoms with Gasteiger partial charge in [0.15, 0.2) is 0 Å². The lowest BCUT2D eigenvalue weighted by Gasteiger charge is -2.16. The highest BCUT2D eigenvalue weighted by atomic mass is 14.2. The number of aryl methyl sites for hydroxylation is 3. The second kappa shape index (κ2) is 17.6. The van der Waals surface area contributed by atoms with E-state index < -0.39 is 0 Å². The van der Waals surface area contributed by atoms with Crippen LogP contribution in [-0.2, 0) is 0 Å². The Kier molecular flexibility index (Phi) is 13.4. The summed E-state index contributed by atoms with van der Waals surface area (Å²) < 4.78 is 0. The molecule has 0 bridgehead atoms. The minimum absolute atomic E-state index is 0. The van der Waals surface area contributed by atoms with Gasteiger partial charge in [-0.1, -0.05) is 153 Å². The van der Waals surface area contributed by atoms with Crippen molar-refractivity contribution >= 4 is 37.9 Å². The summed E-state index contributed by atoms with van der Waals surface area (Å²) in [5.41, 5.74) is 13.6. The van der Waals surface area contributed by atoms with Gasteiger partial charge in [0.05, 0.1) is 0 Å². The van der Waals surface area contributed by atoms with E-state index in [9.17, 15) is 0 Å². The van der Waals surface area contributed by atoms with E-state index in [1.165, 1.54) is 107 Å². The predicted molar refractivity (Wildman–Crippen MR) is 226 cm³/mol. The van der Waals surface area contributed by atoms with E-state index in [1.807, 2.05) is 6.08 Å². The fraction of sp³-hybridized carbons (Fsp3) is 0.240. The molecule has 2 aliphatic rings. The average molecular weight is 657 g/mol. The van der Waals surface area contributed by atoms with Crippen molar-refractivity contribution in [1.82, 2.24) is 0 Å². The topological polar surface area (TPSA) is 0 Å². The van der Waals surface area contributed by atoms with E-state index in [0.717, 1.165) is 6.42 Å². The quantitative estimate of drug-likeness (QED) is 0.133.